The van der Waals surface area contributed by atoms with Gasteiger partial charge in [-0.2, -0.15) is 0 Å². The van der Waals surface area contributed by atoms with Crippen molar-refractivity contribution in [1.29, 1.82) is 0 Å². The molecule has 1 aromatic carbocycles. The van der Waals surface area contributed by atoms with Crippen LogP contribution in [0.1, 0.15) is 38.4 Å². The number of rotatable bonds is 5. The molecule has 0 spiro atoms. The molecule has 1 atom stereocenters. The van der Waals surface area contributed by atoms with Crippen LogP contribution in [0.3, 0.4) is 0 Å². The summed E-state index contributed by atoms with van der Waals surface area (Å²) in [5.74, 6) is 0.912. The number of aliphatic hydroxyl groups is 1. The zero-order valence-electron chi connectivity index (χ0n) is 11.8. The van der Waals surface area contributed by atoms with Crippen molar-refractivity contribution >= 4 is 5.69 Å². The molecule has 106 valence electrons. The molecule has 0 fully saturated rings. The van der Waals surface area contributed by atoms with Gasteiger partial charge in [-0.3, -0.25) is 0 Å². The maximum absolute atomic E-state index is 10.2. The Morgan fingerprint density at radius 3 is 2.89 bits per heavy atom. The average molecular weight is 264 g/mol. The van der Waals surface area contributed by atoms with Crippen LogP contribution in [0.15, 0.2) is 18.2 Å². The predicted molar refractivity (Wildman–Crippen MR) is 77.7 cm³/mol. The Balaban J connectivity index is 2.23. The largest absolute Gasteiger partial charge is 0.490 e. The highest BCUT2D eigenvalue weighted by molar-refractivity contribution is 5.62. The summed E-state index contributed by atoms with van der Waals surface area (Å²) in [6.45, 7) is 6.58. The molecule has 1 aromatic rings. The number of ether oxygens (including phenoxy) is 1. The van der Waals surface area contributed by atoms with E-state index in [0.717, 1.165) is 36.6 Å². The van der Waals surface area contributed by atoms with Gasteiger partial charge >= 0.3 is 0 Å². The maximum atomic E-state index is 10.2. The van der Waals surface area contributed by atoms with Crippen LogP contribution in [0.25, 0.3) is 0 Å². The Morgan fingerprint density at radius 1 is 1.42 bits per heavy atom. The van der Waals surface area contributed by atoms with Crippen LogP contribution in [0.4, 0.5) is 5.69 Å². The normalized spacial score (nSPS) is 16.2. The van der Waals surface area contributed by atoms with Crippen molar-refractivity contribution in [3.05, 3.63) is 23.8 Å². The zero-order chi connectivity index (χ0) is 13.8. The zero-order valence-corrected chi connectivity index (χ0v) is 11.8. The second-order valence-electron chi connectivity index (χ2n) is 5.31. The third kappa shape index (κ3) is 3.19. The van der Waals surface area contributed by atoms with Gasteiger partial charge in [-0.1, -0.05) is 6.07 Å². The smallest absolute Gasteiger partial charge is 0.142 e. The summed E-state index contributed by atoms with van der Waals surface area (Å²) in [5.41, 5.74) is 7.52. The monoisotopic (exact) mass is 264 g/mol. The summed E-state index contributed by atoms with van der Waals surface area (Å²) < 4.78 is 5.68. The number of anilines is 1. The molecule has 0 radical (unpaired) electrons. The van der Waals surface area contributed by atoms with Gasteiger partial charge in [-0.25, -0.2) is 0 Å². The third-order valence-corrected chi connectivity index (χ3v) is 3.57. The third-order valence-electron chi connectivity index (χ3n) is 3.57. The molecule has 4 heteroatoms. The number of benzene rings is 1. The van der Waals surface area contributed by atoms with Crippen molar-refractivity contribution in [1.82, 2.24) is 0 Å². The Morgan fingerprint density at radius 2 is 2.21 bits per heavy atom. The molecule has 4 nitrogen and oxygen atoms in total. The molecule has 1 aliphatic rings. The summed E-state index contributed by atoms with van der Waals surface area (Å²) in [4.78, 5) is 2.32. The number of fused-ring (bicyclic) bond motifs is 1. The molecular formula is C15H24N2O2. The van der Waals surface area contributed by atoms with Gasteiger partial charge in [-0.05, 0) is 50.9 Å². The van der Waals surface area contributed by atoms with Gasteiger partial charge in [0.25, 0.3) is 0 Å². The highest BCUT2D eigenvalue weighted by Crippen LogP contribution is 2.35. The van der Waals surface area contributed by atoms with E-state index in [0.29, 0.717) is 19.0 Å². The van der Waals surface area contributed by atoms with Crippen molar-refractivity contribution in [2.24, 2.45) is 5.73 Å². The predicted octanol–water partition coefficient (Wildman–Crippen LogP) is 2.07. The summed E-state index contributed by atoms with van der Waals surface area (Å²) in [5, 5.41) is 10.2. The Hall–Kier alpha value is -1.26. The number of aliphatic hydroxyl groups excluding tert-OH is 1. The van der Waals surface area contributed by atoms with Crippen molar-refractivity contribution in [3.63, 3.8) is 0 Å². The van der Waals surface area contributed by atoms with Crippen LogP contribution in [-0.2, 0) is 0 Å². The minimum Gasteiger partial charge on any atom is -0.490 e. The second-order valence-corrected chi connectivity index (χ2v) is 5.31. The number of nitrogens with two attached hydrogens (primary N) is 1. The molecule has 0 saturated carbocycles. The number of hydrogen-bond donors (Lipinski definition) is 2. The molecule has 19 heavy (non-hydrogen) atoms. The van der Waals surface area contributed by atoms with Gasteiger partial charge in [0.05, 0.1) is 18.3 Å². The summed E-state index contributed by atoms with van der Waals surface area (Å²) >= 11 is 0. The fourth-order valence-corrected chi connectivity index (χ4v) is 2.48. The van der Waals surface area contributed by atoms with Gasteiger partial charge in [0.2, 0.25) is 0 Å². The van der Waals surface area contributed by atoms with E-state index >= 15 is 0 Å². The minimum atomic E-state index is -0.440. The van der Waals surface area contributed by atoms with Crippen molar-refractivity contribution in [2.75, 3.05) is 24.6 Å². The first-order valence-electron chi connectivity index (χ1n) is 7.05. The lowest BCUT2D eigenvalue weighted by Crippen LogP contribution is -2.38. The van der Waals surface area contributed by atoms with E-state index in [-0.39, 0.29) is 0 Å². The van der Waals surface area contributed by atoms with Gasteiger partial charge < -0.3 is 20.5 Å². The molecule has 0 saturated heterocycles. The van der Waals surface area contributed by atoms with Crippen LogP contribution < -0.4 is 15.4 Å². The first kappa shape index (κ1) is 14.2. The highest BCUT2D eigenvalue weighted by Gasteiger charge is 2.21. The van der Waals surface area contributed by atoms with Crippen LogP contribution in [0.2, 0.25) is 0 Å². The van der Waals surface area contributed by atoms with E-state index in [1.807, 2.05) is 12.1 Å². The van der Waals surface area contributed by atoms with Crippen LogP contribution in [0.5, 0.6) is 5.75 Å². The molecular weight excluding hydrogens is 240 g/mol. The minimum absolute atomic E-state index is 0.430. The van der Waals surface area contributed by atoms with Crippen LogP contribution in [0, 0.1) is 0 Å². The average Bonchev–Trinajstić information content (AvgIpc) is 2.43. The van der Waals surface area contributed by atoms with E-state index < -0.39 is 6.10 Å². The molecule has 0 amide bonds. The first-order valence-corrected chi connectivity index (χ1v) is 7.05. The molecule has 2 rings (SSSR count). The molecule has 0 bridgehead atoms. The Labute approximate surface area is 115 Å². The maximum Gasteiger partial charge on any atom is 0.142 e. The SMILES string of the molecule is CC(C)N1CCOc2ccc(C(O)CCCN)cc21. The summed E-state index contributed by atoms with van der Waals surface area (Å²) in [6, 6.07) is 6.39. The summed E-state index contributed by atoms with van der Waals surface area (Å²) in [6.07, 6.45) is 1.10. The van der Waals surface area contributed by atoms with Crippen LogP contribution >= 0.6 is 0 Å². The molecule has 1 unspecified atom stereocenters. The molecule has 3 N–H and O–H groups in total. The first-order chi connectivity index (χ1) is 9.13. The quantitative estimate of drug-likeness (QED) is 0.854. The van der Waals surface area contributed by atoms with Crippen molar-refractivity contribution in [2.45, 2.75) is 38.8 Å². The van der Waals surface area contributed by atoms with Crippen molar-refractivity contribution in [3.8, 4) is 5.75 Å². The van der Waals surface area contributed by atoms with E-state index in [9.17, 15) is 5.11 Å². The number of nitrogens with zero attached hydrogens (tertiary/aromatic N) is 1. The standard InChI is InChI=1S/C15H24N2O2/c1-11(2)17-8-9-19-15-6-5-12(10-13(15)17)14(18)4-3-7-16/h5-6,10-11,14,18H,3-4,7-9,16H2,1-2H3. The lowest BCUT2D eigenvalue weighted by molar-refractivity contribution is 0.165. The van der Waals surface area contributed by atoms with E-state index in [2.05, 4.69) is 24.8 Å². The van der Waals surface area contributed by atoms with E-state index in [4.69, 9.17) is 10.5 Å². The van der Waals surface area contributed by atoms with Gasteiger partial charge in [0.15, 0.2) is 0 Å². The lowest BCUT2D eigenvalue weighted by Gasteiger charge is -2.35. The van der Waals surface area contributed by atoms with Crippen LogP contribution in [-0.4, -0.2) is 30.8 Å². The van der Waals surface area contributed by atoms with Gasteiger partial charge in [0, 0.05) is 6.04 Å². The fraction of sp³-hybridized carbons (Fsp3) is 0.600. The molecule has 0 aliphatic carbocycles. The summed E-state index contributed by atoms with van der Waals surface area (Å²) in [7, 11) is 0. The van der Waals surface area contributed by atoms with E-state index in [1.165, 1.54) is 0 Å². The fourth-order valence-electron chi connectivity index (χ4n) is 2.48. The van der Waals surface area contributed by atoms with E-state index in [1.54, 1.807) is 0 Å². The second kappa shape index (κ2) is 6.26. The Kier molecular flexibility index (Phi) is 4.66. The molecule has 1 heterocycles. The van der Waals surface area contributed by atoms with Gasteiger partial charge in [-0.15, -0.1) is 0 Å². The lowest BCUT2D eigenvalue weighted by atomic mass is 10.0. The highest BCUT2D eigenvalue weighted by atomic mass is 16.5. The Bertz CT molecular complexity index is 421. The number of hydrogen-bond acceptors (Lipinski definition) is 4. The van der Waals surface area contributed by atoms with Crippen molar-refractivity contribution < 1.29 is 9.84 Å². The molecule has 1 aliphatic heterocycles. The van der Waals surface area contributed by atoms with Gasteiger partial charge in [0.1, 0.15) is 12.4 Å². The molecule has 0 aromatic heterocycles. The topological polar surface area (TPSA) is 58.7 Å².